The maximum absolute atomic E-state index is 12.4. The molecule has 2 aromatic rings. The molecular formula is C20H20N2O4. The summed E-state index contributed by atoms with van der Waals surface area (Å²) in [5.74, 6) is -0.576. The fourth-order valence-electron chi connectivity index (χ4n) is 2.44. The predicted molar refractivity (Wildman–Crippen MR) is 98.1 cm³/mol. The number of rotatable bonds is 6. The molecule has 0 saturated heterocycles. The van der Waals surface area contributed by atoms with Crippen LogP contribution < -0.4 is 10.6 Å². The third-order valence-electron chi connectivity index (χ3n) is 3.99. The number of esters is 1. The lowest BCUT2D eigenvalue weighted by Crippen LogP contribution is -2.14. The van der Waals surface area contributed by atoms with Crippen molar-refractivity contribution in [2.24, 2.45) is 5.92 Å². The Labute approximate surface area is 151 Å². The number of nitrogens with one attached hydrogen (secondary N) is 2. The zero-order valence-electron chi connectivity index (χ0n) is 14.5. The van der Waals surface area contributed by atoms with Crippen molar-refractivity contribution in [3.63, 3.8) is 0 Å². The van der Waals surface area contributed by atoms with E-state index in [9.17, 15) is 14.4 Å². The molecule has 0 atom stereocenters. The summed E-state index contributed by atoms with van der Waals surface area (Å²) >= 11 is 0. The van der Waals surface area contributed by atoms with E-state index in [1.54, 1.807) is 55.5 Å². The second-order valence-corrected chi connectivity index (χ2v) is 6.10. The molecule has 0 bridgehead atoms. The highest BCUT2D eigenvalue weighted by Crippen LogP contribution is 2.30. The zero-order valence-corrected chi connectivity index (χ0v) is 14.5. The Kier molecular flexibility index (Phi) is 5.31. The molecule has 0 unspecified atom stereocenters. The van der Waals surface area contributed by atoms with Gasteiger partial charge < -0.3 is 15.4 Å². The van der Waals surface area contributed by atoms with Gasteiger partial charge in [0, 0.05) is 22.9 Å². The highest BCUT2D eigenvalue weighted by molar-refractivity contribution is 6.05. The number of anilines is 2. The molecule has 0 aliphatic heterocycles. The number of benzene rings is 2. The number of ether oxygens (including phenoxy) is 1. The summed E-state index contributed by atoms with van der Waals surface area (Å²) < 4.78 is 4.95. The molecule has 2 N–H and O–H groups in total. The lowest BCUT2D eigenvalue weighted by atomic mass is 10.1. The molecule has 0 heterocycles. The molecule has 134 valence electrons. The molecule has 1 saturated carbocycles. The Balaban J connectivity index is 1.63. The molecule has 6 nitrogen and oxygen atoms in total. The van der Waals surface area contributed by atoms with Crippen LogP contribution in [-0.4, -0.2) is 24.4 Å². The van der Waals surface area contributed by atoms with E-state index in [4.69, 9.17) is 4.74 Å². The van der Waals surface area contributed by atoms with Gasteiger partial charge in [0.1, 0.15) is 0 Å². The molecule has 0 spiro atoms. The van der Waals surface area contributed by atoms with Gasteiger partial charge in [0.15, 0.2) is 0 Å². The van der Waals surface area contributed by atoms with E-state index in [0.29, 0.717) is 29.1 Å². The Morgan fingerprint density at radius 2 is 1.69 bits per heavy atom. The highest BCUT2D eigenvalue weighted by atomic mass is 16.5. The van der Waals surface area contributed by atoms with E-state index in [2.05, 4.69) is 10.6 Å². The summed E-state index contributed by atoms with van der Waals surface area (Å²) in [6, 6.07) is 13.3. The molecule has 26 heavy (non-hydrogen) atoms. The summed E-state index contributed by atoms with van der Waals surface area (Å²) in [7, 11) is 0. The zero-order chi connectivity index (χ0) is 18.5. The summed E-state index contributed by atoms with van der Waals surface area (Å²) in [5.41, 5.74) is 2.01. The maximum atomic E-state index is 12.4. The first-order valence-corrected chi connectivity index (χ1v) is 8.56. The predicted octanol–water partition coefficient (Wildman–Crippen LogP) is 3.46. The van der Waals surface area contributed by atoms with E-state index in [1.807, 2.05) is 0 Å². The quantitative estimate of drug-likeness (QED) is 0.780. The first-order chi connectivity index (χ1) is 12.6. The normalized spacial score (nSPS) is 13.0. The molecule has 0 radical (unpaired) electrons. The van der Waals surface area contributed by atoms with Gasteiger partial charge in [-0.25, -0.2) is 4.79 Å². The third-order valence-corrected chi connectivity index (χ3v) is 3.99. The van der Waals surface area contributed by atoms with Crippen LogP contribution in [0.25, 0.3) is 0 Å². The average Bonchev–Trinajstić information content (AvgIpc) is 3.48. The molecule has 3 rings (SSSR count). The number of hydrogen-bond donors (Lipinski definition) is 2. The van der Waals surface area contributed by atoms with Crippen molar-refractivity contribution in [1.29, 1.82) is 0 Å². The van der Waals surface area contributed by atoms with Crippen LogP contribution in [0, 0.1) is 5.92 Å². The summed E-state index contributed by atoms with van der Waals surface area (Å²) in [6.07, 6.45) is 1.88. The first-order valence-electron chi connectivity index (χ1n) is 8.56. The van der Waals surface area contributed by atoms with Gasteiger partial charge in [0.2, 0.25) is 5.91 Å². The van der Waals surface area contributed by atoms with Gasteiger partial charge in [-0.15, -0.1) is 0 Å². The highest BCUT2D eigenvalue weighted by Gasteiger charge is 2.29. The largest absolute Gasteiger partial charge is 0.462 e. The Morgan fingerprint density at radius 3 is 2.35 bits per heavy atom. The molecule has 1 aliphatic carbocycles. The van der Waals surface area contributed by atoms with E-state index >= 15 is 0 Å². The first kappa shape index (κ1) is 17.7. The smallest absolute Gasteiger partial charge is 0.338 e. The summed E-state index contributed by atoms with van der Waals surface area (Å²) in [4.78, 5) is 35.9. The second kappa shape index (κ2) is 7.82. The summed E-state index contributed by atoms with van der Waals surface area (Å²) in [6.45, 7) is 2.03. The van der Waals surface area contributed by atoms with E-state index in [1.165, 1.54) is 0 Å². The number of carbonyl (C=O) groups excluding carboxylic acids is 3. The standard InChI is InChI=1S/C20H20N2O4/c1-2-26-20(25)15-4-3-5-17(12-15)22-19(24)14-8-10-16(11-9-14)21-18(23)13-6-7-13/h3-5,8-13H,2,6-7H2,1H3,(H,21,23)(H,22,24). The van der Waals surface area contributed by atoms with Crippen molar-refractivity contribution in [2.45, 2.75) is 19.8 Å². The van der Waals surface area contributed by atoms with Gasteiger partial charge in [-0.3, -0.25) is 9.59 Å². The van der Waals surface area contributed by atoms with Crippen LogP contribution in [0.4, 0.5) is 11.4 Å². The molecule has 1 fully saturated rings. The van der Waals surface area contributed by atoms with Crippen LogP contribution in [0.5, 0.6) is 0 Å². The molecule has 2 amide bonds. The van der Waals surface area contributed by atoms with E-state index in [0.717, 1.165) is 12.8 Å². The van der Waals surface area contributed by atoms with Crippen molar-refractivity contribution >= 4 is 29.2 Å². The summed E-state index contributed by atoms with van der Waals surface area (Å²) in [5, 5.41) is 5.58. The number of amides is 2. The van der Waals surface area contributed by atoms with Gasteiger partial charge >= 0.3 is 5.97 Å². The van der Waals surface area contributed by atoms with Gasteiger partial charge in [-0.05, 0) is 62.2 Å². The molecular weight excluding hydrogens is 332 g/mol. The van der Waals surface area contributed by atoms with Gasteiger partial charge in [0.25, 0.3) is 5.91 Å². The topological polar surface area (TPSA) is 84.5 Å². The average molecular weight is 352 g/mol. The molecule has 0 aromatic heterocycles. The second-order valence-electron chi connectivity index (χ2n) is 6.10. The minimum atomic E-state index is -0.431. The Morgan fingerprint density at radius 1 is 0.962 bits per heavy atom. The third kappa shape index (κ3) is 4.47. The van der Waals surface area contributed by atoms with Crippen LogP contribution in [0.1, 0.15) is 40.5 Å². The van der Waals surface area contributed by atoms with Gasteiger partial charge in [0.05, 0.1) is 12.2 Å². The number of carbonyl (C=O) groups is 3. The fraction of sp³-hybridized carbons (Fsp3) is 0.250. The maximum Gasteiger partial charge on any atom is 0.338 e. The van der Waals surface area contributed by atoms with Gasteiger partial charge in [-0.1, -0.05) is 6.07 Å². The number of hydrogen-bond acceptors (Lipinski definition) is 4. The van der Waals surface area contributed by atoms with Crippen LogP contribution >= 0.6 is 0 Å². The van der Waals surface area contributed by atoms with E-state index < -0.39 is 5.97 Å². The molecule has 6 heteroatoms. The van der Waals surface area contributed by atoms with Gasteiger partial charge in [-0.2, -0.15) is 0 Å². The van der Waals surface area contributed by atoms with Crippen LogP contribution in [-0.2, 0) is 9.53 Å². The van der Waals surface area contributed by atoms with Crippen molar-refractivity contribution in [2.75, 3.05) is 17.2 Å². The molecule has 2 aromatic carbocycles. The monoisotopic (exact) mass is 352 g/mol. The molecule has 1 aliphatic rings. The SMILES string of the molecule is CCOC(=O)c1cccc(NC(=O)c2ccc(NC(=O)C3CC3)cc2)c1. The minimum absolute atomic E-state index is 0.0259. The van der Waals surface area contributed by atoms with Crippen molar-refractivity contribution in [3.8, 4) is 0 Å². The lowest BCUT2D eigenvalue weighted by molar-refractivity contribution is -0.117. The van der Waals surface area contributed by atoms with E-state index in [-0.39, 0.29) is 17.7 Å². The van der Waals surface area contributed by atoms with Crippen molar-refractivity contribution in [1.82, 2.24) is 0 Å². The Bertz CT molecular complexity index is 826. The minimum Gasteiger partial charge on any atom is -0.462 e. The van der Waals surface area contributed by atoms with Crippen LogP contribution in [0.2, 0.25) is 0 Å². The van der Waals surface area contributed by atoms with Crippen LogP contribution in [0.3, 0.4) is 0 Å². The van der Waals surface area contributed by atoms with Crippen molar-refractivity contribution in [3.05, 3.63) is 59.7 Å². The van der Waals surface area contributed by atoms with Crippen LogP contribution in [0.15, 0.2) is 48.5 Å². The lowest BCUT2D eigenvalue weighted by Gasteiger charge is -2.08. The fourth-order valence-corrected chi connectivity index (χ4v) is 2.44. The van der Waals surface area contributed by atoms with Crippen molar-refractivity contribution < 1.29 is 19.1 Å². The Hall–Kier alpha value is -3.15.